The highest BCUT2D eigenvalue weighted by Gasteiger charge is 2.93. The minimum atomic E-state index is -1.12. The van der Waals surface area contributed by atoms with Crippen molar-refractivity contribution in [3.8, 4) is 17.9 Å². The highest BCUT2D eigenvalue weighted by molar-refractivity contribution is 8.00. The zero-order valence-corrected chi connectivity index (χ0v) is 13.3. The van der Waals surface area contributed by atoms with Gasteiger partial charge in [0.05, 0.1) is 25.9 Å². The number of methoxy groups -OCH3 is 1. The van der Waals surface area contributed by atoms with Crippen LogP contribution in [0.2, 0.25) is 0 Å². The van der Waals surface area contributed by atoms with Crippen molar-refractivity contribution < 1.29 is 9.47 Å². The fourth-order valence-corrected chi connectivity index (χ4v) is 5.34. The maximum Gasteiger partial charge on any atom is 0.230 e. The monoisotopic (exact) mass is 326 g/mol. The molecule has 23 heavy (non-hydrogen) atoms. The smallest absolute Gasteiger partial charge is 0.230 e. The number of nitriles is 2. The van der Waals surface area contributed by atoms with Gasteiger partial charge in [0.25, 0.3) is 0 Å². The highest BCUT2D eigenvalue weighted by atomic mass is 32.2. The van der Waals surface area contributed by atoms with E-state index in [9.17, 15) is 10.5 Å². The third kappa shape index (κ3) is 1.36. The van der Waals surface area contributed by atoms with Crippen molar-refractivity contribution in [3.05, 3.63) is 29.8 Å². The van der Waals surface area contributed by atoms with E-state index in [-0.39, 0.29) is 11.8 Å². The fourth-order valence-electron chi connectivity index (χ4n) is 4.01. The lowest BCUT2D eigenvalue weighted by Gasteiger charge is -2.26. The molecule has 7 heteroatoms. The van der Waals surface area contributed by atoms with Crippen LogP contribution in [0, 0.1) is 33.5 Å². The Labute approximate surface area is 137 Å². The van der Waals surface area contributed by atoms with Crippen molar-refractivity contribution in [2.24, 2.45) is 21.6 Å². The second kappa shape index (κ2) is 4.41. The number of ether oxygens (including phenoxy) is 2. The molecule has 1 saturated carbocycles. The fraction of sp³-hybridized carbons (Fsp3) is 0.438. The first-order chi connectivity index (χ1) is 11.1. The number of nitrogens with two attached hydrogens (primary N) is 1. The van der Waals surface area contributed by atoms with Crippen LogP contribution in [-0.4, -0.2) is 30.4 Å². The molecule has 6 nitrogen and oxygen atoms in total. The number of rotatable bonds is 2. The summed E-state index contributed by atoms with van der Waals surface area (Å²) >= 11 is 1.46. The predicted molar refractivity (Wildman–Crippen MR) is 84.6 cm³/mol. The van der Waals surface area contributed by atoms with E-state index >= 15 is 0 Å². The van der Waals surface area contributed by atoms with Gasteiger partial charge in [0.1, 0.15) is 17.0 Å². The first-order valence-corrected chi connectivity index (χ1v) is 8.20. The number of fused-ring (bicyclic) bond motifs is 2. The molecule has 116 valence electrons. The molecule has 3 aliphatic rings. The Morgan fingerprint density at radius 2 is 2.09 bits per heavy atom. The van der Waals surface area contributed by atoms with Crippen molar-refractivity contribution in [2.75, 3.05) is 19.5 Å². The molecular weight excluding hydrogens is 312 g/mol. The summed E-state index contributed by atoms with van der Waals surface area (Å²) in [5.41, 5.74) is 4.81. The van der Waals surface area contributed by atoms with Crippen molar-refractivity contribution in [1.29, 1.82) is 10.5 Å². The van der Waals surface area contributed by atoms with Gasteiger partial charge >= 0.3 is 0 Å². The van der Waals surface area contributed by atoms with Crippen molar-refractivity contribution >= 4 is 17.6 Å². The molecule has 0 bridgehead atoms. The predicted octanol–water partition coefficient (Wildman–Crippen LogP) is 1.60. The van der Waals surface area contributed by atoms with Crippen LogP contribution in [0.5, 0.6) is 5.75 Å². The molecular formula is C16H14N4O2S. The summed E-state index contributed by atoms with van der Waals surface area (Å²) in [6.07, 6.45) is 0. The molecule has 0 amide bonds. The number of nitrogens with zero attached hydrogens (tertiary/aromatic N) is 3. The lowest BCUT2D eigenvalue weighted by atomic mass is 9.95. The Kier molecular flexibility index (Phi) is 2.76. The van der Waals surface area contributed by atoms with E-state index in [4.69, 9.17) is 15.2 Å². The molecule has 2 heterocycles. The van der Waals surface area contributed by atoms with Crippen LogP contribution in [0.25, 0.3) is 0 Å². The number of amidine groups is 1. The normalized spacial score (nSPS) is 40.1. The first-order valence-electron chi connectivity index (χ1n) is 7.22. The topological polar surface area (TPSA) is 104 Å². The number of hydrogen-bond acceptors (Lipinski definition) is 7. The molecule has 0 aromatic heterocycles. The average molecular weight is 326 g/mol. The van der Waals surface area contributed by atoms with Gasteiger partial charge in [0.15, 0.2) is 5.41 Å². The maximum atomic E-state index is 9.99. The summed E-state index contributed by atoms with van der Waals surface area (Å²) in [6, 6.07) is 12.0. The standard InChI is InChI=1S/C16H14N4O2S/c1-21-11-4-2-10(3-5-11)12-14(8-17)13(19)20-16(15(12,14)9-18)22-6-7-23-16/h2-5,12H,6-7H2,1H3,(H2,19,20)/t12-,14-,15-,16-/m1/s1. The maximum absolute atomic E-state index is 9.99. The lowest BCUT2D eigenvalue weighted by Crippen LogP contribution is -2.34. The van der Waals surface area contributed by atoms with Gasteiger partial charge in [-0.15, -0.1) is 0 Å². The third-order valence-corrected chi connectivity index (χ3v) is 6.35. The molecule has 1 aromatic rings. The van der Waals surface area contributed by atoms with E-state index in [0.29, 0.717) is 6.61 Å². The SMILES string of the molecule is COc1ccc([C@H]2[C@@]3(C#N)[C@@]4(N=C(N)[C@@]23C#N)OCCS4)cc1. The summed E-state index contributed by atoms with van der Waals surface area (Å²) in [7, 11) is 1.59. The molecule has 2 fully saturated rings. The van der Waals surface area contributed by atoms with E-state index in [1.807, 2.05) is 24.3 Å². The second-order valence-electron chi connectivity index (χ2n) is 5.82. The molecule has 1 aromatic carbocycles. The average Bonchev–Trinajstić information content (AvgIpc) is 2.83. The van der Waals surface area contributed by atoms with E-state index < -0.39 is 15.9 Å². The summed E-state index contributed by atoms with van der Waals surface area (Å²) < 4.78 is 11.0. The van der Waals surface area contributed by atoms with Gasteiger partial charge < -0.3 is 15.2 Å². The molecule has 4 atom stereocenters. The molecule has 1 aliphatic carbocycles. The molecule has 1 spiro atoms. The molecule has 4 rings (SSSR count). The summed E-state index contributed by atoms with van der Waals surface area (Å²) in [5, 5.41) is 18.8. The Balaban J connectivity index is 1.87. The van der Waals surface area contributed by atoms with Gasteiger partial charge in [-0.1, -0.05) is 23.9 Å². The van der Waals surface area contributed by atoms with Crippen LogP contribution in [0.15, 0.2) is 29.3 Å². The van der Waals surface area contributed by atoms with E-state index in [0.717, 1.165) is 17.1 Å². The van der Waals surface area contributed by atoms with E-state index in [2.05, 4.69) is 17.1 Å². The van der Waals surface area contributed by atoms with E-state index in [1.165, 1.54) is 11.8 Å². The van der Waals surface area contributed by atoms with Crippen LogP contribution in [0.1, 0.15) is 11.5 Å². The minimum Gasteiger partial charge on any atom is -0.497 e. The molecule has 2 aliphatic heterocycles. The lowest BCUT2D eigenvalue weighted by molar-refractivity contribution is 0.0200. The van der Waals surface area contributed by atoms with E-state index in [1.54, 1.807) is 7.11 Å². The zero-order valence-electron chi connectivity index (χ0n) is 12.4. The molecule has 2 N–H and O–H groups in total. The Hall–Kier alpha value is -2.22. The van der Waals surface area contributed by atoms with Crippen molar-refractivity contribution in [1.82, 2.24) is 0 Å². The second-order valence-corrected chi connectivity index (χ2v) is 7.07. The Morgan fingerprint density at radius 1 is 1.35 bits per heavy atom. The van der Waals surface area contributed by atoms with Gasteiger partial charge in [-0.25, -0.2) is 4.99 Å². The van der Waals surface area contributed by atoms with Crippen molar-refractivity contribution in [2.45, 2.75) is 11.0 Å². The summed E-state index contributed by atoms with van der Waals surface area (Å²) in [6.45, 7) is 0.502. The molecule has 0 unspecified atom stereocenters. The number of benzene rings is 1. The summed E-state index contributed by atoms with van der Waals surface area (Å²) in [5.74, 6) is 1.31. The largest absolute Gasteiger partial charge is 0.497 e. The van der Waals surface area contributed by atoms with Crippen LogP contribution in [0.3, 0.4) is 0 Å². The van der Waals surface area contributed by atoms with Gasteiger partial charge in [-0.05, 0) is 17.7 Å². The van der Waals surface area contributed by atoms with Crippen LogP contribution >= 0.6 is 11.8 Å². The number of thioether (sulfide) groups is 1. The van der Waals surface area contributed by atoms with Gasteiger partial charge in [0.2, 0.25) is 5.06 Å². The van der Waals surface area contributed by atoms with Gasteiger partial charge in [-0.2, -0.15) is 10.5 Å². The van der Waals surface area contributed by atoms with Crippen LogP contribution in [-0.2, 0) is 4.74 Å². The first kappa shape index (κ1) is 14.4. The number of aliphatic imine (C=N–C) groups is 1. The number of hydrogen-bond donors (Lipinski definition) is 1. The highest BCUT2D eigenvalue weighted by Crippen LogP contribution is 2.84. The van der Waals surface area contributed by atoms with Crippen LogP contribution in [0.4, 0.5) is 0 Å². The Bertz CT molecular complexity index is 788. The molecule has 0 radical (unpaired) electrons. The minimum absolute atomic E-state index is 0.205. The molecule has 1 saturated heterocycles. The Morgan fingerprint density at radius 3 is 2.61 bits per heavy atom. The summed E-state index contributed by atoms with van der Waals surface area (Å²) in [4.78, 5) is 4.41. The van der Waals surface area contributed by atoms with Crippen LogP contribution < -0.4 is 10.5 Å². The van der Waals surface area contributed by atoms with Crippen molar-refractivity contribution in [3.63, 3.8) is 0 Å². The van der Waals surface area contributed by atoms with Gasteiger partial charge in [-0.3, -0.25) is 0 Å². The van der Waals surface area contributed by atoms with Gasteiger partial charge in [0, 0.05) is 11.7 Å². The third-order valence-electron chi connectivity index (χ3n) is 5.06. The zero-order chi connectivity index (χ0) is 16.3. The quantitative estimate of drug-likeness (QED) is 0.885.